The lowest BCUT2D eigenvalue weighted by Gasteiger charge is -2.14. The molecule has 0 radical (unpaired) electrons. The summed E-state index contributed by atoms with van der Waals surface area (Å²) in [5.41, 5.74) is -1.09. The summed E-state index contributed by atoms with van der Waals surface area (Å²) in [6.07, 6.45) is 0.480. The number of hydrogen-bond donors (Lipinski definition) is 2. The SMILES string of the molecule is O=[N+]([O-])CC1(O)CCNC1. The lowest BCUT2D eigenvalue weighted by atomic mass is 10.0. The maximum atomic E-state index is 9.98. The van der Waals surface area contributed by atoms with Gasteiger partial charge in [0.2, 0.25) is 6.54 Å². The van der Waals surface area contributed by atoms with Crippen molar-refractivity contribution in [2.75, 3.05) is 19.6 Å². The fourth-order valence-corrected chi connectivity index (χ4v) is 1.11. The van der Waals surface area contributed by atoms with Gasteiger partial charge < -0.3 is 10.4 Å². The van der Waals surface area contributed by atoms with Crippen LogP contribution in [0, 0.1) is 10.1 Å². The largest absolute Gasteiger partial charge is 0.382 e. The summed E-state index contributed by atoms with van der Waals surface area (Å²) >= 11 is 0. The van der Waals surface area contributed by atoms with Crippen molar-refractivity contribution in [3.05, 3.63) is 10.1 Å². The number of nitrogens with zero attached hydrogens (tertiary/aromatic N) is 1. The zero-order valence-corrected chi connectivity index (χ0v) is 5.54. The Balaban J connectivity index is 2.43. The second-order valence-electron chi connectivity index (χ2n) is 2.64. The van der Waals surface area contributed by atoms with Gasteiger partial charge in [0.25, 0.3) is 0 Å². The Morgan fingerprint density at radius 1 is 1.80 bits per heavy atom. The Hall–Kier alpha value is -0.680. The van der Waals surface area contributed by atoms with Crippen molar-refractivity contribution >= 4 is 0 Å². The molecule has 1 fully saturated rings. The summed E-state index contributed by atoms with van der Waals surface area (Å²) in [4.78, 5) is 9.50. The first-order valence-corrected chi connectivity index (χ1v) is 3.17. The zero-order chi connectivity index (χ0) is 7.61. The predicted octanol–water partition coefficient (Wildman–Crippen LogP) is -1.01. The van der Waals surface area contributed by atoms with E-state index in [1.165, 1.54) is 0 Å². The van der Waals surface area contributed by atoms with E-state index in [2.05, 4.69) is 5.32 Å². The van der Waals surface area contributed by atoms with Crippen molar-refractivity contribution in [1.29, 1.82) is 0 Å². The third-order valence-corrected chi connectivity index (χ3v) is 1.64. The molecule has 0 aromatic rings. The highest BCUT2D eigenvalue weighted by Gasteiger charge is 2.36. The van der Waals surface area contributed by atoms with Crippen LogP contribution in [0.15, 0.2) is 0 Å². The van der Waals surface area contributed by atoms with Gasteiger partial charge in [0.1, 0.15) is 5.60 Å². The van der Waals surface area contributed by atoms with Crippen LogP contribution in [0.5, 0.6) is 0 Å². The molecule has 1 aliphatic heterocycles. The molecule has 10 heavy (non-hydrogen) atoms. The van der Waals surface area contributed by atoms with Crippen molar-refractivity contribution in [1.82, 2.24) is 5.32 Å². The number of nitro groups is 1. The van der Waals surface area contributed by atoms with Gasteiger partial charge in [-0.05, 0) is 13.0 Å². The summed E-state index contributed by atoms with van der Waals surface area (Å²) in [5, 5.41) is 22.2. The van der Waals surface area contributed by atoms with Crippen LogP contribution < -0.4 is 5.32 Å². The molecule has 5 heteroatoms. The molecule has 1 heterocycles. The monoisotopic (exact) mass is 146 g/mol. The number of β-amino-alcohol motifs (C(OH)–C–C–N with tert-alkyl or cyclic N) is 1. The Bertz CT molecular complexity index is 142. The third-order valence-electron chi connectivity index (χ3n) is 1.64. The van der Waals surface area contributed by atoms with Gasteiger partial charge in [0.15, 0.2) is 0 Å². The lowest BCUT2D eigenvalue weighted by Crippen LogP contribution is -2.38. The first kappa shape index (κ1) is 7.43. The van der Waals surface area contributed by atoms with Gasteiger partial charge >= 0.3 is 0 Å². The molecule has 0 aromatic carbocycles. The van der Waals surface area contributed by atoms with Crippen LogP contribution >= 0.6 is 0 Å². The van der Waals surface area contributed by atoms with Crippen LogP contribution in [-0.4, -0.2) is 35.3 Å². The van der Waals surface area contributed by atoms with Crippen molar-refractivity contribution in [2.24, 2.45) is 0 Å². The number of rotatable bonds is 2. The van der Waals surface area contributed by atoms with Crippen molar-refractivity contribution in [3.8, 4) is 0 Å². The molecular weight excluding hydrogens is 136 g/mol. The second-order valence-corrected chi connectivity index (χ2v) is 2.64. The Labute approximate surface area is 58.2 Å². The molecule has 1 rings (SSSR count). The van der Waals surface area contributed by atoms with Crippen LogP contribution in [0.1, 0.15) is 6.42 Å². The molecule has 1 unspecified atom stereocenters. The maximum Gasteiger partial charge on any atom is 0.233 e. The summed E-state index contributed by atoms with van der Waals surface area (Å²) in [6.45, 7) is 0.665. The molecule has 0 amide bonds. The molecule has 0 aliphatic carbocycles. The van der Waals surface area contributed by atoms with E-state index in [9.17, 15) is 15.2 Å². The van der Waals surface area contributed by atoms with Crippen LogP contribution in [0.3, 0.4) is 0 Å². The molecular formula is C5H10N2O3. The second kappa shape index (κ2) is 2.51. The van der Waals surface area contributed by atoms with E-state index >= 15 is 0 Å². The van der Waals surface area contributed by atoms with Gasteiger partial charge in [0, 0.05) is 11.5 Å². The van der Waals surface area contributed by atoms with Crippen molar-refractivity contribution < 1.29 is 10.0 Å². The van der Waals surface area contributed by atoms with Crippen molar-refractivity contribution in [3.63, 3.8) is 0 Å². The van der Waals surface area contributed by atoms with Gasteiger partial charge in [0.05, 0.1) is 0 Å². The molecule has 0 aromatic heterocycles. The highest BCUT2D eigenvalue weighted by Crippen LogP contribution is 2.13. The van der Waals surface area contributed by atoms with Crippen LogP contribution in [0.25, 0.3) is 0 Å². The minimum absolute atomic E-state index is 0.341. The van der Waals surface area contributed by atoms with E-state index in [-0.39, 0.29) is 6.54 Å². The summed E-state index contributed by atoms with van der Waals surface area (Å²) in [5.74, 6) is 0. The van der Waals surface area contributed by atoms with Gasteiger partial charge in [-0.15, -0.1) is 0 Å². The van der Waals surface area contributed by atoms with Gasteiger partial charge in [-0.25, -0.2) is 0 Å². The Morgan fingerprint density at radius 3 is 2.90 bits per heavy atom. The highest BCUT2D eigenvalue weighted by molar-refractivity contribution is 4.86. The molecule has 1 atom stereocenters. The van der Waals surface area contributed by atoms with E-state index < -0.39 is 10.5 Å². The first-order valence-electron chi connectivity index (χ1n) is 3.17. The molecule has 0 saturated carbocycles. The molecule has 1 aliphatic rings. The summed E-state index contributed by atoms with van der Waals surface area (Å²) in [7, 11) is 0. The normalized spacial score (nSPS) is 32.5. The minimum Gasteiger partial charge on any atom is -0.382 e. The zero-order valence-electron chi connectivity index (χ0n) is 5.54. The Morgan fingerprint density at radius 2 is 2.50 bits per heavy atom. The predicted molar refractivity (Wildman–Crippen MR) is 34.3 cm³/mol. The molecule has 0 spiro atoms. The average molecular weight is 146 g/mol. The minimum atomic E-state index is -1.09. The summed E-state index contributed by atoms with van der Waals surface area (Å²) < 4.78 is 0. The average Bonchev–Trinajstić information content (AvgIpc) is 2.12. The fraction of sp³-hybridized carbons (Fsp3) is 1.00. The Kier molecular flexibility index (Phi) is 1.87. The molecule has 0 bridgehead atoms. The van der Waals surface area contributed by atoms with E-state index in [0.717, 1.165) is 0 Å². The van der Waals surface area contributed by atoms with Crippen LogP contribution in [0.2, 0.25) is 0 Å². The number of hydrogen-bond acceptors (Lipinski definition) is 4. The summed E-state index contributed by atoms with van der Waals surface area (Å²) in [6, 6.07) is 0. The quantitative estimate of drug-likeness (QED) is 0.386. The first-order chi connectivity index (χ1) is 4.62. The van der Waals surface area contributed by atoms with E-state index in [1.54, 1.807) is 0 Å². The molecule has 2 N–H and O–H groups in total. The lowest BCUT2D eigenvalue weighted by molar-refractivity contribution is -0.499. The van der Waals surface area contributed by atoms with Crippen molar-refractivity contribution in [2.45, 2.75) is 12.0 Å². The molecule has 1 saturated heterocycles. The topological polar surface area (TPSA) is 75.4 Å². The van der Waals surface area contributed by atoms with Gasteiger partial charge in [-0.2, -0.15) is 0 Å². The smallest absolute Gasteiger partial charge is 0.233 e. The number of nitrogens with one attached hydrogen (secondary N) is 1. The van der Waals surface area contributed by atoms with E-state index in [4.69, 9.17) is 0 Å². The van der Waals surface area contributed by atoms with Crippen LogP contribution in [-0.2, 0) is 0 Å². The van der Waals surface area contributed by atoms with Gasteiger partial charge in [-0.1, -0.05) is 0 Å². The highest BCUT2D eigenvalue weighted by atomic mass is 16.6. The molecule has 58 valence electrons. The van der Waals surface area contributed by atoms with Crippen LogP contribution in [0.4, 0.5) is 0 Å². The third kappa shape index (κ3) is 1.65. The number of aliphatic hydroxyl groups is 1. The van der Waals surface area contributed by atoms with E-state index in [0.29, 0.717) is 19.5 Å². The molecule has 5 nitrogen and oxygen atoms in total. The standard InChI is InChI=1S/C5H10N2O3/c8-5(4-7(9)10)1-2-6-3-5/h6,8H,1-4H2. The van der Waals surface area contributed by atoms with Gasteiger partial charge in [-0.3, -0.25) is 10.1 Å². The fourth-order valence-electron chi connectivity index (χ4n) is 1.11. The van der Waals surface area contributed by atoms with E-state index in [1.807, 2.05) is 0 Å². The maximum absolute atomic E-state index is 9.98.